The Labute approximate surface area is 170 Å². The van der Waals surface area contributed by atoms with Crippen LogP contribution in [0, 0.1) is 0 Å². The molecule has 0 bridgehead atoms. The number of aliphatic carboxylic acids is 1. The summed E-state index contributed by atoms with van der Waals surface area (Å²) in [6.07, 6.45) is 3.50. The SMILES string of the molecule is O=C(N[C@@H](Cc1c[nH]c2ccccc12)C(=O)O)c1nccc2c1[nH]c1ccccc12. The van der Waals surface area contributed by atoms with Gasteiger partial charge in [0, 0.05) is 46.0 Å². The summed E-state index contributed by atoms with van der Waals surface area (Å²) in [7, 11) is 0. The number of H-pyrrole nitrogens is 2. The lowest BCUT2D eigenvalue weighted by Crippen LogP contribution is -2.42. The zero-order valence-electron chi connectivity index (χ0n) is 15.8. The molecule has 5 rings (SSSR count). The molecule has 148 valence electrons. The Morgan fingerprint density at radius 3 is 2.50 bits per heavy atom. The molecule has 0 unspecified atom stereocenters. The van der Waals surface area contributed by atoms with Gasteiger partial charge in [-0.2, -0.15) is 0 Å². The highest BCUT2D eigenvalue weighted by Gasteiger charge is 2.24. The molecule has 7 heteroatoms. The smallest absolute Gasteiger partial charge is 0.326 e. The molecule has 3 heterocycles. The van der Waals surface area contributed by atoms with Crippen LogP contribution in [-0.2, 0) is 11.2 Å². The average Bonchev–Trinajstić information content (AvgIpc) is 3.34. The highest BCUT2D eigenvalue weighted by molar-refractivity contribution is 6.14. The predicted molar refractivity (Wildman–Crippen MR) is 114 cm³/mol. The second-order valence-electron chi connectivity index (χ2n) is 7.18. The Hall–Kier alpha value is -4.13. The number of rotatable bonds is 5. The van der Waals surface area contributed by atoms with Gasteiger partial charge >= 0.3 is 5.97 Å². The Morgan fingerprint density at radius 1 is 0.967 bits per heavy atom. The minimum Gasteiger partial charge on any atom is -0.480 e. The van der Waals surface area contributed by atoms with Crippen LogP contribution in [0.1, 0.15) is 16.1 Å². The normalized spacial score (nSPS) is 12.4. The van der Waals surface area contributed by atoms with E-state index in [-0.39, 0.29) is 12.1 Å². The number of carbonyl (C=O) groups is 2. The van der Waals surface area contributed by atoms with Crippen molar-refractivity contribution in [1.82, 2.24) is 20.3 Å². The van der Waals surface area contributed by atoms with Crippen molar-refractivity contribution in [1.29, 1.82) is 0 Å². The second-order valence-corrected chi connectivity index (χ2v) is 7.18. The van der Waals surface area contributed by atoms with Crippen LogP contribution in [0.4, 0.5) is 0 Å². The van der Waals surface area contributed by atoms with Gasteiger partial charge in [0.25, 0.3) is 5.91 Å². The summed E-state index contributed by atoms with van der Waals surface area (Å²) in [4.78, 5) is 35.4. The average molecular weight is 398 g/mol. The topological polar surface area (TPSA) is 111 Å². The summed E-state index contributed by atoms with van der Waals surface area (Å²) in [5, 5.41) is 15.1. The number of pyridine rings is 1. The van der Waals surface area contributed by atoms with E-state index in [0.717, 1.165) is 32.8 Å². The molecule has 0 saturated heterocycles. The summed E-state index contributed by atoms with van der Waals surface area (Å²) in [6, 6.07) is 16.1. The van der Waals surface area contributed by atoms with Gasteiger partial charge in [-0.3, -0.25) is 4.79 Å². The summed E-state index contributed by atoms with van der Waals surface area (Å²) < 4.78 is 0. The van der Waals surface area contributed by atoms with Crippen LogP contribution in [0.15, 0.2) is 67.0 Å². The number of hydrogen-bond acceptors (Lipinski definition) is 3. The number of nitrogens with zero attached hydrogens (tertiary/aromatic N) is 1. The zero-order chi connectivity index (χ0) is 20.7. The fraction of sp³-hybridized carbons (Fsp3) is 0.0870. The minimum atomic E-state index is -1.10. The van der Waals surface area contributed by atoms with Gasteiger partial charge in [-0.1, -0.05) is 36.4 Å². The maximum absolute atomic E-state index is 13.0. The molecule has 4 N–H and O–H groups in total. The van der Waals surface area contributed by atoms with Crippen molar-refractivity contribution in [2.45, 2.75) is 12.5 Å². The van der Waals surface area contributed by atoms with Crippen LogP contribution in [0.25, 0.3) is 32.7 Å². The van der Waals surface area contributed by atoms with E-state index in [1.54, 1.807) is 12.4 Å². The number of amides is 1. The number of aromatic amines is 2. The Bertz CT molecular complexity index is 1420. The molecule has 0 spiro atoms. The van der Waals surface area contributed by atoms with Crippen molar-refractivity contribution < 1.29 is 14.7 Å². The number of nitrogens with one attached hydrogen (secondary N) is 3. The van der Waals surface area contributed by atoms with Gasteiger partial charge < -0.3 is 20.4 Å². The number of benzene rings is 2. The molecule has 2 aromatic carbocycles. The maximum Gasteiger partial charge on any atom is 0.326 e. The standard InChI is InChI=1S/C23H18N4O3/c28-22(21-20-16(9-10-24-21)15-6-2-4-8-18(15)26-20)27-19(23(29)30)11-13-12-25-17-7-3-1-5-14(13)17/h1-10,12,19,25-26H,11H2,(H,27,28)(H,29,30)/t19-/m0/s1. The largest absolute Gasteiger partial charge is 0.480 e. The van der Waals surface area contributed by atoms with E-state index in [9.17, 15) is 14.7 Å². The van der Waals surface area contributed by atoms with Crippen molar-refractivity contribution in [3.05, 3.63) is 78.2 Å². The van der Waals surface area contributed by atoms with Gasteiger partial charge in [-0.25, -0.2) is 9.78 Å². The third kappa shape index (κ3) is 2.97. The lowest BCUT2D eigenvalue weighted by atomic mass is 10.0. The summed E-state index contributed by atoms with van der Waals surface area (Å²) in [6.45, 7) is 0. The third-order valence-electron chi connectivity index (χ3n) is 5.35. The second kappa shape index (κ2) is 7.04. The summed E-state index contributed by atoms with van der Waals surface area (Å²) in [5.41, 5.74) is 3.41. The number of aromatic nitrogens is 3. The number of carboxylic acid groups (broad SMARTS) is 1. The molecule has 1 amide bonds. The molecule has 30 heavy (non-hydrogen) atoms. The van der Waals surface area contributed by atoms with Gasteiger partial charge in [-0.15, -0.1) is 0 Å². The maximum atomic E-state index is 13.0. The van der Waals surface area contributed by atoms with Crippen LogP contribution in [-0.4, -0.2) is 38.0 Å². The first kappa shape index (κ1) is 17.9. The van der Waals surface area contributed by atoms with E-state index in [1.807, 2.05) is 54.6 Å². The fourth-order valence-corrected chi connectivity index (χ4v) is 3.89. The van der Waals surface area contributed by atoms with E-state index in [4.69, 9.17) is 0 Å². The summed E-state index contributed by atoms with van der Waals surface area (Å²) >= 11 is 0. The summed E-state index contributed by atoms with van der Waals surface area (Å²) in [5.74, 6) is -1.63. The molecular weight excluding hydrogens is 380 g/mol. The molecular formula is C23H18N4O3. The molecule has 0 fully saturated rings. The molecule has 0 aliphatic rings. The van der Waals surface area contributed by atoms with E-state index in [2.05, 4.69) is 20.3 Å². The van der Waals surface area contributed by atoms with Crippen LogP contribution >= 0.6 is 0 Å². The Kier molecular flexibility index (Phi) is 4.21. The zero-order valence-corrected chi connectivity index (χ0v) is 15.8. The first-order valence-corrected chi connectivity index (χ1v) is 9.56. The number of carbonyl (C=O) groups excluding carboxylic acids is 1. The molecule has 7 nitrogen and oxygen atoms in total. The molecule has 5 aromatic rings. The first-order valence-electron chi connectivity index (χ1n) is 9.56. The number of hydrogen-bond donors (Lipinski definition) is 4. The Balaban J connectivity index is 1.47. The molecule has 0 saturated carbocycles. The van der Waals surface area contributed by atoms with E-state index in [1.165, 1.54) is 0 Å². The third-order valence-corrected chi connectivity index (χ3v) is 5.35. The monoisotopic (exact) mass is 398 g/mol. The van der Waals surface area contributed by atoms with Crippen LogP contribution < -0.4 is 5.32 Å². The van der Waals surface area contributed by atoms with Crippen LogP contribution in [0.5, 0.6) is 0 Å². The highest BCUT2D eigenvalue weighted by atomic mass is 16.4. The lowest BCUT2D eigenvalue weighted by Gasteiger charge is -2.14. The van der Waals surface area contributed by atoms with E-state index >= 15 is 0 Å². The van der Waals surface area contributed by atoms with Crippen molar-refractivity contribution in [2.75, 3.05) is 0 Å². The molecule has 0 aliphatic heterocycles. The van der Waals surface area contributed by atoms with Crippen LogP contribution in [0.2, 0.25) is 0 Å². The number of para-hydroxylation sites is 2. The van der Waals surface area contributed by atoms with E-state index < -0.39 is 17.9 Å². The van der Waals surface area contributed by atoms with E-state index in [0.29, 0.717) is 5.52 Å². The highest BCUT2D eigenvalue weighted by Crippen LogP contribution is 2.26. The first-order chi connectivity index (χ1) is 14.6. The molecule has 0 aliphatic carbocycles. The quantitative estimate of drug-likeness (QED) is 0.362. The lowest BCUT2D eigenvalue weighted by molar-refractivity contribution is -0.139. The minimum absolute atomic E-state index is 0.160. The molecule has 3 aromatic heterocycles. The predicted octanol–water partition coefficient (Wildman–Crippen LogP) is 3.62. The number of fused-ring (bicyclic) bond motifs is 4. The fourth-order valence-electron chi connectivity index (χ4n) is 3.89. The Morgan fingerprint density at radius 2 is 1.70 bits per heavy atom. The van der Waals surface area contributed by atoms with Crippen molar-refractivity contribution in [2.24, 2.45) is 0 Å². The molecule has 1 atom stereocenters. The van der Waals surface area contributed by atoms with Crippen molar-refractivity contribution >= 4 is 44.6 Å². The molecule has 0 radical (unpaired) electrons. The van der Waals surface area contributed by atoms with Crippen LogP contribution in [0.3, 0.4) is 0 Å². The van der Waals surface area contributed by atoms with Gasteiger partial charge in [0.1, 0.15) is 6.04 Å². The van der Waals surface area contributed by atoms with Gasteiger partial charge in [0.05, 0.1) is 5.52 Å². The van der Waals surface area contributed by atoms with Gasteiger partial charge in [0.2, 0.25) is 0 Å². The van der Waals surface area contributed by atoms with Crippen molar-refractivity contribution in [3.63, 3.8) is 0 Å². The number of carboxylic acids is 1. The van der Waals surface area contributed by atoms with Crippen molar-refractivity contribution in [3.8, 4) is 0 Å². The van der Waals surface area contributed by atoms with Gasteiger partial charge in [-0.05, 0) is 23.8 Å². The van der Waals surface area contributed by atoms with Gasteiger partial charge in [0.15, 0.2) is 5.69 Å².